The Hall–Kier alpha value is -3.02. The Morgan fingerprint density at radius 3 is 2.29 bits per heavy atom. The highest BCUT2D eigenvalue weighted by Crippen LogP contribution is 2.33. The van der Waals surface area contributed by atoms with Gasteiger partial charge in [0.25, 0.3) is 0 Å². The average molecular weight is 331 g/mol. The monoisotopic (exact) mass is 331 g/mol. The summed E-state index contributed by atoms with van der Waals surface area (Å²) >= 11 is 0. The molecule has 3 aromatic rings. The molecule has 0 fully saturated rings. The quantitative estimate of drug-likeness (QED) is 0.753. The van der Waals surface area contributed by atoms with Gasteiger partial charge in [0.05, 0.1) is 5.56 Å². The maximum Gasteiger partial charge on any atom is 0.416 e. The van der Waals surface area contributed by atoms with Gasteiger partial charge in [-0.3, -0.25) is 4.79 Å². The summed E-state index contributed by atoms with van der Waals surface area (Å²) in [7, 11) is 0. The number of rotatable bonds is 3. The Morgan fingerprint density at radius 2 is 1.67 bits per heavy atom. The van der Waals surface area contributed by atoms with Crippen molar-refractivity contribution in [2.45, 2.75) is 6.18 Å². The first-order chi connectivity index (χ1) is 11.3. The second-order valence-corrected chi connectivity index (χ2v) is 5.18. The molecule has 0 spiro atoms. The first kappa shape index (κ1) is 15.9. The summed E-state index contributed by atoms with van der Waals surface area (Å²) in [6, 6.07) is 14.6. The van der Waals surface area contributed by atoms with Gasteiger partial charge in [-0.05, 0) is 53.9 Å². The number of hydrogen-bond donors (Lipinski definition) is 1. The number of amides is 1. The Morgan fingerprint density at radius 1 is 0.958 bits per heavy atom. The molecule has 3 nitrogen and oxygen atoms in total. The SMILES string of the molecule is NC(=O)c1ccc2c(Oc3ccc(C(F)(F)F)cc3)cccc2c1. The van der Waals surface area contributed by atoms with E-state index in [1.807, 2.05) is 0 Å². The fraction of sp³-hybridized carbons (Fsp3) is 0.0556. The smallest absolute Gasteiger partial charge is 0.416 e. The first-order valence-corrected chi connectivity index (χ1v) is 7.02. The van der Waals surface area contributed by atoms with E-state index < -0.39 is 17.6 Å². The molecule has 3 aromatic carbocycles. The van der Waals surface area contributed by atoms with E-state index in [9.17, 15) is 18.0 Å². The molecule has 0 aliphatic heterocycles. The third-order valence-electron chi connectivity index (χ3n) is 3.53. The van der Waals surface area contributed by atoms with Crippen LogP contribution < -0.4 is 10.5 Å². The van der Waals surface area contributed by atoms with Crippen LogP contribution in [-0.4, -0.2) is 5.91 Å². The van der Waals surface area contributed by atoms with Gasteiger partial charge in [0.2, 0.25) is 5.91 Å². The molecule has 0 saturated carbocycles. The summed E-state index contributed by atoms with van der Waals surface area (Å²) in [6.07, 6.45) is -4.39. The van der Waals surface area contributed by atoms with Crippen LogP contribution in [0.2, 0.25) is 0 Å². The second-order valence-electron chi connectivity index (χ2n) is 5.18. The minimum Gasteiger partial charge on any atom is -0.457 e. The number of halogens is 3. The van der Waals surface area contributed by atoms with Crippen LogP contribution in [0.4, 0.5) is 13.2 Å². The molecule has 0 atom stereocenters. The molecule has 0 aliphatic carbocycles. The van der Waals surface area contributed by atoms with E-state index in [4.69, 9.17) is 10.5 Å². The van der Waals surface area contributed by atoms with Crippen LogP contribution in [0.5, 0.6) is 11.5 Å². The highest BCUT2D eigenvalue weighted by molar-refractivity contribution is 5.99. The normalized spacial score (nSPS) is 11.5. The first-order valence-electron chi connectivity index (χ1n) is 7.02. The Balaban J connectivity index is 1.94. The van der Waals surface area contributed by atoms with E-state index in [2.05, 4.69) is 0 Å². The van der Waals surface area contributed by atoms with Crippen molar-refractivity contribution in [2.24, 2.45) is 5.73 Å². The molecule has 0 heterocycles. The molecule has 24 heavy (non-hydrogen) atoms. The molecule has 0 aliphatic rings. The molecule has 1 amide bonds. The number of nitrogens with two attached hydrogens (primary N) is 1. The second kappa shape index (κ2) is 5.88. The van der Waals surface area contributed by atoms with Crippen molar-refractivity contribution in [2.75, 3.05) is 0 Å². The number of ether oxygens (including phenoxy) is 1. The van der Waals surface area contributed by atoms with Crippen molar-refractivity contribution in [3.8, 4) is 11.5 Å². The summed E-state index contributed by atoms with van der Waals surface area (Å²) in [5, 5.41) is 1.47. The van der Waals surface area contributed by atoms with E-state index in [0.29, 0.717) is 11.3 Å². The molecule has 0 aromatic heterocycles. The van der Waals surface area contributed by atoms with Crippen molar-refractivity contribution < 1.29 is 22.7 Å². The van der Waals surface area contributed by atoms with Crippen LogP contribution in [-0.2, 0) is 6.18 Å². The molecule has 2 N–H and O–H groups in total. The molecule has 0 saturated heterocycles. The number of primary amides is 1. The van der Waals surface area contributed by atoms with Crippen molar-refractivity contribution in [3.63, 3.8) is 0 Å². The van der Waals surface area contributed by atoms with Crippen LogP contribution in [0, 0.1) is 0 Å². The van der Waals surface area contributed by atoms with Crippen LogP contribution in [0.1, 0.15) is 15.9 Å². The van der Waals surface area contributed by atoms with Crippen LogP contribution in [0.25, 0.3) is 10.8 Å². The van der Waals surface area contributed by atoms with E-state index in [1.54, 1.807) is 36.4 Å². The zero-order chi connectivity index (χ0) is 17.3. The predicted molar refractivity (Wildman–Crippen MR) is 84.0 cm³/mol. The lowest BCUT2D eigenvalue weighted by molar-refractivity contribution is -0.137. The van der Waals surface area contributed by atoms with Gasteiger partial charge in [0.15, 0.2) is 0 Å². The van der Waals surface area contributed by atoms with Gasteiger partial charge in [-0.1, -0.05) is 12.1 Å². The van der Waals surface area contributed by atoms with Gasteiger partial charge in [-0.15, -0.1) is 0 Å². The highest BCUT2D eigenvalue weighted by atomic mass is 19.4. The molecule has 6 heteroatoms. The van der Waals surface area contributed by atoms with Crippen molar-refractivity contribution in [1.82, 2.24) is 0 Å². The Labute approximate surface area is 135 Å². The topological polar surface area (TPSA) is 52.3 Å². The minimum absolute atomic E-state index is 0.287. The number of alkyl halides is 3. The van der Waals surface area contributed by atoms with E-state index in [1.165, 1.54) is 12.1 Å². The van der Waals surface area contributed by atoms with Gasteiger partial charge >= 0.3 is 6.18 Å². The molecular formula is C18H12F3NO2. The van der Waals surface area contributed by atoms with E-state index in [-0.39, 0.29) is 5.75 Å². The summed E-state index contributed by atoms with van der Waals surface area (Å²) < 4.78 is 43.4. The van der Waals surface area contributed by atoms with Gasteiger partial charge in [0, 0.05) is 10.9 Å². The highest BCUT2D eigenvalue weighted by Gasteiger charge is 2.30. The van der Waals surface area contributed by atoms with Crippen LogP contribution >= 0.6 is 0 Å². The number of carbonyl (C=O) groups excluding carboxylic acids is 1. The van der Waals surface area contributed by atoms with Crippen molar-refractivity contribution in [1.29, 1.82) is 0 Å². The maximum atomic E-state index is 12.6. The third-order valence-corrected chi connectivity index (χ3v) is 3.53. The molecule has 0 bridgehead atoms. The number of fused-ring (bicyclic) bond motifs is 1. The molecule has 0 radical (unpaired) electrons. The van der Waals surface area contributed by atoms with E-state index >= 15 is 0 Å². The number of benzene rings is 3. The van der Waals surface area contributed by atoms with Crippen molar-refractivity contribution in [3.05, 3.63) is 71.8 Å². The summed E-state index contributed by atoms with van der Waals surface area (Å²) in [4.78, 5) is 11.2. The standard InChI is InChI=1S/C18H12F3NO2/c19-18(20,21)13-5-7-14(8-6-13)24-16-3-1-2-11-10-12(17(22)23)4-9-15(11)16/h1-10H,(H2,22,23). The van der Waals surface area contributed by atoms with Gasteiger partial charge in [-0.25, -0.2) is 0 Å². The predicted octanol–water partition coefficient (Wildman–Crippen LogP) is 4.75. The molecule has 3 rings (SSSR count). The fourth-order valence-electron chi connectivity index (χ4n) is 2.34. The van der Waals surface area contributed by atoms with Gasteiger partial charge in [0.1, 0.15) is 11.5 Å². The lowest BCUT2D eigenvalue weighted by Gasteiger charge is -2.11. The Kier molecular flexibility index (Phi) is 3.89. The summed E-state index contributed by atoms with van der Waals surface area (Å²) in [5.74, 6) is 0.226. The lowest BCUT2D eigenvalue weighted by Crippen LogP contribution is -2.10. The fourth-order valence-corrected chi connectivity index (χ4v) is 2.34. The molecule has 122 valence electrons. The van der Waals surface area contributed by atoms with Crippen LogP contribution in [0.15, 0.2) is 60.7 Å². The van der Waals surface area contributed by atoms with Crippen LogP contribution in [0.3, 0.4) is 0 Å². The average Bonchev–Trinajstić information content (AvgIpc) is 2.54. The lowest BCUT2D eigenvalue weighted by atomic mass is 10.1. The van der Waals surface area contributed by atoms with Crippen molar-refractivity contribution >= 4 is 16.7 Å². The number of hydrogen-bond acceptors (Lipinski definition) is 2. The summed E-state index contributed by atoms with van der Waals surface area (Å²) in [6.45, 7) is 0. The zero-order valence-corrected chi connectivity index (χ0v) is 12.3. The number of carbonyl (C=O) groups is 1. The summed E-state index contributed by atoms with van der Waals surface area (Å²) in [5.41, 5.74) is 4.89. The van der Waals surface area contributed by atoms with Gasteiger partial charge < -0.3 is 10.5 Å². The third kappa shape index (κ3) is 3.17. The molecule has 0 unspecified atom stereocenters. The van der Waals surface area contributed by atoms with E-state index in [0.717, 1.165) is 22.9 Å². The Bertz CT molecular complexity index is 902. The minimum atomic E-state index is -4.39. The maximum absolute atomic E-state index is 12.6. The van der Waals surface area contributed by atoms with Gasteiger partial charge in [-0.2, -0.15) is 13.2 Å². The molecular weight excluding hydrogens is 319 g/mol. The zero-order valence-electron chi connectivity index (χ0n) is 12.3. The largest absolute Gasteiger partial charge is 0.457 e.